The molecule has 0 aliphatic rings. The summed E-state index contributed by atoms with van der Waals surface area (Å²) in [5.41, 5.74) is 7.23. The lowest BCUT2D eigenvalue weighted by Crippen LogP contribution is -2.02. The van der Waals surface area contributed by atoms with E-state index in [1.54, 1.807) is 18.3 Å². The number of nitrogens with zero attached hydrogens (tertiary/aromatic N) is 2. The molecule has 2 aromatic heterocycles. The summed E-state index contributed by atoms with van der Waals surface area (Å²) in [6.07, 6.45) is 2.55. The molecule has 0 radical (unpaired) electrons. The summed E-state index contributed by atoms with van der Waals surface area (Å²) in [6, 6.07) is 7.14. The van der Waals surface area contributed by atoms with Gasteiger partial charge in [0.05, 0.1) is 18.5 Å². The smallest absolute Gasteiger partial charge is 0.240 e. The van der Waals surface area contributed by atoms with Crippen molar-refractivity contribution in [1.29, 1.82) is 0 Å². The zero-order valence-corrected chi connectivity index (χ0v) is 11.1. The van der Waals surface area contributed by atoms with E-state index in [4.69, 9.17) is 15.2 Å². The molecule has 2 rings (SSSR count). The molecule has 0 unspecified atom stereocenters. The number of hydrogen-bond acceptors (Lipinski definition) is 5. The van der Waals surface area contributed by atoms with E-state index in [-0.39, 0.29) is 0 Å². The highest BCUT2D eigenvalue weighted by Crippen LogP contribution is 2.25. The van der Waals surface area contributed by atoms with E-state index in [0.717, 1.165) is 12.1 Å². The maximum atomic E-state index is 5.79. The standard InChI is InChI=1S/C14H17N3O2/c1-3-8-18-14-12(15)6-7-13(17-14)19-11-5-4-10(2)16-9-11/h4-7,9H,3,8,15H2,1-2H3. The van der Waals surface area contributed by atoms with E-state index < -0.39 is 0 Å². The Balaban J connectivity index is 2.14. The van der Waals surface area contributed by atoms with Gasteiger partial charge < -0.3 is 15.2 Å². The SMILES string of the molecule is CCCOc1nc(Oc2ccc(C)nc2)ccc1N. The molecule has 0 aliphatic heterocycles. The number of nitrogens with two attached hydrogens (primary N) is 1. The maximum Gasteiger partial charge on any atom is 0.240 e. The first-order valence-electron chi connectivity index (χ1n) is 6.19. The molecule has 2 aromatic rings. The van der Waals surface area contributed by atoms with Crippen LogP contribution in [0.5, 0.6) is 17.5 Å². The van der Waals surface area contributed by atoms with Crippen LogP contribution in [0, 0.1) is 6.92 Å². The molecular weight excluding hydrogens is 242 g/mol. The third-order valence-electron chi connectivity index (χ3n) is 2.41. The number of rotatable bonds is 5. The van der Waals surface area contributed by atoms with Gasteiger partial charge in [0.2, 0.25) is 11.8 Å². The Labute approximate surface area is 112 Å². The molecule has 0 atom stereocenters. The molecule has 19 heavy (non-hydrogen) atoms. The van der Waals surface area contributed by atoms with E-state index in [0.29, 0.717) is 29.8 Å². The summed E-state index contributed by atoms with van der Waals surface area (Å²) < 4.78 is 11.1. The second-order valence-electron chi connectivity index (χ2n) is 4.13. The summed E-state index contributed by atoms with van der Waals surface area (Å²) in [6.45, 7) is 4.52. The minimum Gasteiger partial charge on any atom is -0.476 e. The van der Waals surface area contributed by atoms with Crippen LogP contribution in [0.25, 0.3) is 0 Å². The third kappa shape index (κ3) is 3.58. The van der Waals surface area contributed by atoms with Crippen LogP contribution in [0.15, 0.2) is 30.5 Å². The van der Waals surface area contributed by atoms with Gasteiger partial charge in [-0.25, -0.2) is 0 Å². The predicted molar refractivity (Wildman–Crippen MR) is 73.5 cm³/mol. The van der Waals surface area contributed by atoms with Gasteiger partial charge in [0.25, 0.3) is 0 Å². The largest absolute Gasteiger partial charge is 0.476 e. The molecule has 5 nitrogen and oxygen atoms in total. The molecule has 0 amide bonds. The van der Waals surface area contributed by atoms with Gasteiger partial charge in [-0.3, -0.25) is 4.98 Å². The van der Waals surface area contributed by atoms with Crippen LogP contribution in [0.1, 0.15) is 19.0 Å². The first-order valence-corrected chi connectivity index (χ1v) is 6.19. The number of anilines is 1. The van der Waals surface area contributed by atoms with Crippen molar-refractivity contribution in [1.82, 2.24) is 9.97 Å². The Bertz CT molecular complexity index is 541. The van der Waals surface area contributed by atoms with Gasteiger partial charge in [-0.2, -0.15) is 4.98 Å². The quantitative estimate of drug-likeness (QED) is 0.893. The van der Waals surface area contributed by atoms with E-state index in [9.17, 15) is 0 Å². The van der Waals surface area contributed by atoms with Gasteiger partial charge in [0.1, 0.15) is 5.75 Å². The lowest BCUT2D eigenvalue weighted by atomic mass is 10.4. The molecule has 5 heteroatoms. The normalized spacial score (nSPS) is 10.2. The molecule has 0 bridgehead atoms. The number of pyridine rings is 2. The van der Waals surface area contributed by atoms with Crippen molar-refractivity contribution in [3.8, 4) is 17.5 Å². The second-order valence-corrected chi connectivity index (χ2v) is 4.13. The van der Waals surface area contributed by atoms with Gasteiger partial charge in [0, 0.05) is 11.8 Å². The number of ether oxygens (including phenoxy) is 2. The Hall–Kier alpha value is -2.30. The van der Waals surface area contributed by atoms with Crippen LogP contribution in [0.4, 0.5) is 5.69 Å². The molecule has 100 valence electrons. The highest BCUT2D eigenvalue weighted by Gasteiger charge is 2.06. The topological polar surface area (TPSA) is 70.3 Å². The van der Waals surface area contributed by atoms with Crippen molar-refractivity contribution in [3.05, 3.63) is 36.2 Å². The molecule has 0 aromatic carbocycles. The van der Waals surface area contributed by atoms with Crippen molar-refractivity contribution in [3.63, 3.8) is 0 Å². The van der Waals surface area contributed by atoms with Gasteiger partial charge in [-0.05, 0) is 31.5 Å². The monoisotopic (exact) mass is 259 g/mol. The Morgan fingerprint density at radius 1 is 1.21 bits per heavy atom. The molecule has 0 fully saturated rings. The fraction of sp³-hybridized carbons (Fsp3) is 0.286. The molecule has 0 spiro atoms. The lowest BCUT2D eigenvalue weighted by molar-refractivity contribution is 0.302. The minimum atomic E-state index is 0.402. The Kier molecular flexibility index (Phi) is 4.18. The van der Waals surface area contributed by atoms with Gasteiger partial charge >= 0.3 is 0 Å². The minimum absolute atomic E-state index is 0.402. The van der Waals surface area contributed by atoms with Crippen LogP contribution >= 0.6 is 0 Å². The maximum absolute atomic E-state index is 5.79. The first-order chi connectivity index (χ1) is 9.19. The summed E-state index contributed by atoms with van der Waals surface area (Å²) in [5, 5.41) is 0. The van der Waals surface area contributed by atoms with E-state index in [2.05, 4.69) is 9.97 Å². The molecule has 0 aliphatic carbocycles. The van der Waals surface area contributed by atoms with E-state index in [1.807, 2.05) is 26.0 Å². The van der Waals surface area contributed by atoms with Crippen molar-refractivity contribution in [2.45, 2.75) is 20.3 Å². The van der Waals surface area contributed by atoms with Crippen LogP contribution in [0.2, 0.25) is 0 Å². The zero-order valence-electron chi connectivity index (χ0n) is 11.1. The van der Waals surface area contributed by atoms with Crippen LogP contribution in [0.3, 0.4) is 0 Å². The number of aromatic nitrogens is 2. The predicted octanol–water partition coefficient (Wildman–Crippen LogP) is 2.95. The number of aryl methyl sites for hydroxylation is 1. The zero-order chi connectivity index (χ0) is 13.7. The van der Waals surface area contributed by atoms with Crippen molar-refractivity contribution >= 4 is 5.69 Å². The molecule has 2 heterocycles. The highest BCUT2D eigenvalue weighted by atomic mass is 16.5. The van der Waals surface area contributed by atoms with Gasteiger partial charge in [0.15, 0.2) is 0 Å². The van der Waals surface area contributed by atoms with Gasteiger partial charge in [-0.15, -0.1) is 0 Å². The molecule has 2 N–H and O–H groups in total. The van der Waals surface area contributed by atoms with E-state index >= 15 is 0 Å². The average Bonchev–Trinajstić information content (AvgIpc) is 2.42. The van der Waals surface area contributed by atoms with Crippen molar-refractivity contribution < 1.29 is 9.47 Å². The van der Waals surface area contributed by atoms with Crippen molar-refractivity contribution in [2.24, 2.45) is 0 Å². The Morgan fingerprint density at radius 3 is 2.74 bits per heavy atom. The Morgan fingerprint density at radius 2 is 2.05 bits per heavy atom. The first kappa shape index (κ1) is 13.1. The summed E-state index contributed by atoms with van der Waals surface area (Å²) in [5.74, 6) is 1.47. The lowest BCUT2D eigenvalue weighted by Gasteiger charge is -2.09. The van der Waals surface area contributed by atoms with E-state index in [1.165, 1.54) is 0 Å². The average molecular weight is 259 g/mol. The van der Waals surface area contributed by atoms with Crippen LogP contribution < -0.4 is 15.2 Å². The third-order valence-corrected chi connectivity index (χ3v) is 2.41. The molecule has 0 saturated carbocycles. The van der Waals surface area contributed by atoms with Crippen molar-refractivity contribution in [2.75, 3.05) is 12.3 Å². The fourth-order valence-electron chi connectivity index (χ4n) is 1.44. The number of hydrogen-bond donors (Lipinski definition) is 1. The number of nitrogen functional groups attached to an aromatic ring is 1. The molecule has 0 saturated heterocycles. The second kappa shape index (κ2) is 6.04. The molecular formula is C14H17N3O2. The summed E-state index contributed by atoms with van der Waals surface area (Å²) >= 11 is 0. The van der Waals surface area contributed by atoms with Crippen LogP contribution in [-0.4, -0.2) is 16.6 Å². The fourth-order valence-corrected chi connectivity index (χ4v) is 1.44. The summed E-state index contributed by atoms with van der Waals surface area (Å²) in [4.78, 5) is 8.39. The van der Waals surface area contributed by atoms with Gasteiger partial charge in [-0.1, -0.05) is 6.92 Å². The van der Waals surface area contributed by atoms with Crippen LogP contribution in [-0.2, 0) is 0 Å². The highest BCUT2D eigenvalue weighted by molar-refractivity contribution is 5.49. The summed E-state index contributed by atoms with van der Waals surface area (Å²) in [7, 11) is 0.